The van der Waals surface area contributed by atoms with Crippen LogP contribution in [0.2, 0.25) is 0 Å². The molecule has 2 aromatic rings. The van der Waals surface area contributed by atoms with Crippen molar-refractivity contribution in [2.45, 2.75) is 31.1 Å². The fraction of sp³-hybridized carbons (Fsp3) is 0.375. The minimum absolute atomic E-state index is 0.300. The normalized spacial score (nSPS) is 16.2. The lowest BCUT2D eigenvalue weighted by molar-refractivity contribution is -0.154. The topological polar surface area (TPSA) is 100 Å². The van der Waals surface area contributed by atoms with Gasteiger partial charge in [0.25, 0.3) is 11.8 Å². The number of esters is 1. The SMILES string of the molecule is COc1ccc(C(=O)NC(=O)COC(=O)C2(c3ccc4c(c3)OCCO4)CCCC2)cc1. The number of imide groups is 1. The Balaban J connectivity index is 1.40. The zero-order valence-electron chi connectivity index (χ0n) is 17.8. The van der Waals surface area contributed by atoms with E-state index in [0.717, 1.165) is 18.4 Å². The first kappa shape index (κ1) is 21.7. The second kappa shape index (κ2) is 9.30. The van der Waals surface area contributed by atoms with Crippen molar-refractivity contribution in [1.82, 2.24) is 5.32 Å². The number of benzene rings is 2. The van der Waals surface area contributed by atoms with E-state index in [4.69, 9.17) is 18.9 Å². The largest absolute Gasteiger partial charge is 0.497 e. The number of carbonyl (C=O) groups excluding carboxylic acids is 3. The van der Waals surface area contributed by atoms with Gasteiger partial charge in [-0.2, -0.15) is 0 Å². The van der Waals surface area contributed by atoms with Gasteiger partial charge < -0.3 is 18.9 Å². The lowest BCUT2D eigenvalue weighted by atomic mass is 9.78. The Morgan fingerprint density at radius 1 is 0.969 bits per heavy atom. The van der Waals surface area contributed by atoms with Gasteiger partial charge in [0.2, 0.25) is 0 Å². The Kier molecular flexibility index (Phi) is 6.30. The highest BCUT2D eigenvalue weighted by molar-refractivity contribution is 6.05. The van der Waals surface area contributed by atoms with Crippen LogP contribution in [-0.4, -0.2) is 44.7 Å². The predicted octanol–water partition coefficient (Wildman–Crippen LogP) is 2.78. The molecule has 0 radical (unpaired) electrons. The number of ether oxygens (including phenoxy) is 4. The van der Waals surface area contributed by atoms with Gasteiger partial charge in [-0.25, -0.2) is 0 Å². The molecule has 1 saturated carbocycles. The highest BCUT2D eigenvalue weighted by Crippen LogP contribution is 2.45. The van der Waals surface area contributed by atoms with E-state index in [-0.39, 0.29) is 0 Å². The summed E-state index contributed by atoms with van der Waals surface area (Å²) in [5.41, 5.74) is 0.254. The standard InChI is InChI=1S/C24H25NO7/c1-29-18-7-4-16(5-8-18)22(27)25-21(26)15-32-23(28)24(10-2-3-11-24)17-6-9-19-20(14-17)31-13-12-30-19/h4-9,14H,2-3,10-13,15H2,1H3,(H,25,26,27). The maximum absolute atomic E-state index is 13.1. The van der Waals surface area contributed by atoms with E-state index in [2.05, 4.69) is 5.32 Å². The molecule has 1 aliphatic carbocycles. The zero-order valence-corrected chi connectivity index (χ0v) is 17.8. The summed E-state index contributed by atoms with van der Waals surface area (Å²) in [5, 5.41) is 2.24. The van der Waals surface area contributed by atoms with E-state index in [1.807, 2.05) is 12.1 Å². The Hall–Kier alpha value is -3.55. The van der Waals surface area contributed by atoms with Gasteiger partial charge in [-0.3, -0.25) is 19.7 Å². The molecule has 1 aliphatic heterocycles. The summed E-state index contributed by atoms with van der Waals surface area (Å²) in [5.74, 6) is 0.126. The summed E-state index contributed by atoms with van der Waals surface area (Å²) < 4.78 is 21.6. The van der Waals surface area contributed by atoms with Crippen LogP contribution in [0.4, 0.5) is 0 Å². The number of carbonyl (C=O) groups is 3. The van der Waals surface area contributed by atoms with Crippen LogP contribution in [0.15, 0.2) is 42.5 Å². The molecular weight excluding hydrogens is 414 g/mol. The van der Waals surface area contributed by atoms with Crippen LogP contribution in [0.3, 0.4) is 0 Å². The first-order valence-corrected chi connectivity index (χ1v) is 10.6. The summed E-state index contributed by atoms with van der Waals surface area (Å²) in [7, 11) is 1.52. The Morgan fingerprint density at radius 3 is 2.34 bits per heavy atom. The molecule has 0 atom stereocenters. The molecule has 168 valence electrons. The fourth-order valence-electron chi connectivity index (χ4n) is 4.18. The maximum Gasteiger partial charge on any atom is 0.317 e. The third-order valence-electron chi connectivity index (χ3n) is 5.88. The third-order valence-corrected chi connectivity index (χ3v) is 5.88. The Bertz CT molecular complexity index is 1010. The highest BCUT2D eigenvalue weighted by Gasteiger charge is 2.45. The quantitative estimate of drug-likeness (QED) is 0.691. The van der Waals surface area contributed by atoms with Crippen LogP contribution in [0, 0.1) is 0 Å². The number of fused-ring (bicyclic) bond motifs is 1. The number of rotatable bonds is 6. The molecule has 8 nitrogen and oxygen atoms in total. The highest BCUT2D eigenvalue weighted by atomic mass is 16.6. The maximum atomic E-state index is 13.1. The zero-order chi connectivity index (χ0) is 22.6. The first-order chi connectivity index (χ1) is 15.5. The molecule has 0 saturated heterocycles. The third kappa shape index (κ3) is 4.39. The summed E-state index contributed by atoms with van der Waals surface area (Å²) in [6, 6.07) is 11.8. The van der Waals surface area contributed by atoms with Crippen LogP contribution in [-0.2, 0) is 19.7 Å². The van der Waals surface area contributed by atoms with Crippen LogP contribution in [0.1, 0.15) is 41.6 Å². The molecular formula is C24H25NO7. The van der Waals surface area contributed by atoms with Gasteiger partial charge in [-0.05, 0) is 54.8 Å². The van der Waals surface area contributed by atoms with Crippen LogP contribution in [0.25, 0.3) is 0 Å². The molecule has 4 rings (SSSR count). The molecule has 8 heteroatoms. The van der Waals surface area contributed by atoms with Crippen molar-refractivity contribution in [3.63, 3.8) is 0 Å². The second-order valence-corrected chi connectivity index (χ2v) is 7.83. The van der Waals surface area contributed by atoms with Gasteiger partial charge in [0.1, 0.15) is 19.0 Å². The van der Waals surface area contributed by atoms with Gasteiger partial charge in [0.05, 0.1) is 12.5 Å². The number of hydrogen-bond donors (Lipinski definition) is 1. The van der Waals surface area contributed by atoms with Crippen LogP contribution in [0.5, 0.6) is 17.2 Å². The van der Waals surface area contributed by atoms with E-state index < -0.39 is 29.8 Å². The number of nitrogens with one attached hydrogen (secondary N) is 1. The molecule has 2 aromatic carbocycles. The number of amides is 2. The Morgan fingerprint density at radius 2 is 1.66 bits per heavy atom. The first-order valence-electron chi connectivity index (χ1n) is 10.6. The van der Waals surface area contributed by atoms with E-state index >= 15 is 0 Å². The minimum atomic E-state index is -0.837. The summed E-state index contributed by atoms with van der Waals surface area (Å²) in [4.78, 5) is 37.6. The molecule has 2 aliphatic rings. The monoisotopic (exact) mass is 439 g/mol. The molecule has 0 aromatic heterocycles. The smallest absolute Gasteiger partial charge is 0.317 e. The summed E-state index contributed by atoms with van der Waals surface area (Å²) >= 11 is 0. The second-order valence-electron chi connectivity index (χ2n) is 7.83. The molecule has 0 spiro atoms. The van der Waals surface area contributed by atoms with Gasteiger partial charge in [-0.1, -0.05) is 18.9 Å². The average Bonchev–Trinajstić information content (AvgIpc) is 3.33. The number of methoxy groups -OCH3 is 1. The fourth-order valence-corrected chi connectivity index (χ4v) is 4.18. The van der Waals surface area contributed by atoms with Gasteiger partial charge in [-0.15, -0.1) is 0 Å². The molecule has 1 heterocycles. The van der Waals surface area contributed by atoms with Crippen molar-refractivity contribution in [3.05, 3.63) is 53.6 Å². The van der Waals surface area contributed by atoms with Crippen molar-refractivity contribution in [1.29, 1.82) is 0 Å². The number of hydrogen-bond acceptors (Lipinski definition) is 7. The lowest BCUT2D eigenvalue weighted by Crippen LogP contribution is -2.39. The molecule has 0 unspecified atom stereocenters. The molecule has 0 bridgehead atoms. The van der Waals surface area contributed by atoms with Crippen molar-refractivity contribution in [2.24, 2.45) is 0 Å². The van der Waals surface area contributed by atoms with E-state index in [1.54, 1.807) is 30.3 Å². The Labute approximate surface area is 185 Å². The molecule has 1 N–H and O–H groups in total. The van der Waals surface area contributed by atoms with Crippen molar-refractivity contribution >= 4 is 17.8 Å². The van der Waals surface area contributed by atoms with E-state index in [9.17, 15) is 14.4 Å². The van der Waals surface area contributed by atoms with Crippen LogP contribution < -0.4 is 19.5 Å². The van der Waals surface area contributed by atoms with E-state index in [1.165, 1.54) is 7.11 Å². The van der Waals surface area contributed by atoms with Gasteiger partial charge in [0, 0.05) is 5.56 Å². The van der Waals surface area contributed by atoms with Gasteiger partial charge >= 0.3 is 5.97 Å². The van der Waals surface area contributed by atoms with Crippen molar-refractivity contribution in [3.8, 4) is 17.2 Å². The summed E-state index contributed by atoms with van der Waals surface area (Å²) in [6.07, 6.45) is 3.01. The van der Waals surface area contributed by atoms with Crippen LogP contribution >= 0.6 is 0 Å². The molecule has 32 heavy (non-hydrogen) atoms. The predicted molar refractivity (Wildman–Crippen MR) is 114 cm³/mol. The lowest BCUT2D eigenvalue weighted by Gasteiger charge is -2.28. The molecule has 2 amide bonds. The van der Waals surface area contributed by atoms with E-state index in [0.29, 0.717) is 48.9 Å². The minimum Gasteiger partial charge on any atom is -0.497 e. The van der Waals surface area contributed by atoms with Crippen molar-refractivity contribution < 1.29 is 33.3 Å². The average molecular weight is 439 g/mol. The summed E-state index contributed by atoms with van der Waals surface area (Å²) in [6.45, 7) is 0.410. The van der Waals surface area contributed by atoms with Crippen molar-refractivity contribution in [2.75, 3.05) is 26.9 Å². The molecule has 1 fully saturated rings. The van der Waals surface area contributed by atoms with Gasteiger partial charge in [0.15, 0.2) is 18.1 Å².